The van der Waals surface area contributed by atoms with Crippen molar-refractivity contribution in [3.05, 3.63) is 11.6 Å². The van der Waals surface area contributed by atoms with Crippen LogP contribution in [0.1, 0.15) is 113 Å². The third-order valence-corrected chi connectivity index (χ3v) is 12.4. The number of hydrogen-bond acceptors (Lipinski definition) is 1. The van der Waals surface area contributed by atoms with Crippen LogP contribution < -0.4 is 0 Å². The Morgan fingerprint density at radius 2 is 1.67 bits per heavy atom. The number of hydrogen-bond donors (Lipinski definition) is 0. The molecule has 0 spiro atoms. The van der Waals surface area contributed by atoms with E-state index in [0.717, 1.165) is 24.7 Å². The molecule has 0 amide bonds. The van der Waals surface area contributed by atoms with Gasteiger partial charge in [0.15, 0.2) is 0 Å². The second-order valence-electron chi connectivity index (χ2n) is 13.9. The molecule has 1 nitrogen and oxygen atoms in total. The summed E-state index contributed by atoms with van der Waals surface area (Å²) in [6.07, 6.45) is 15.4. The van der Waals surface area contributed by atoms with Gasteiger partial charge in [-0.15, -0.1) is 0 Å². The van der Waals surface area contributed by atoms with E-state index in [1.54, 1.807) is 5.57 Å². The Balaban J connectivity index is 1.61. The van der Waals surface area contributed by atoms with Crippen molar-refractivity contribution < 1.29 is 4.79 Å². The molecular formula is C29H46O. The number of carbonyl (C=O) groups excluding carboxylic acids is 1. The fraction of sp³-hybridized carbons (Fsp3) is 0.897. The highest BCUT2D eigenvalue weighted by atomic mass is 16.1. The van der Waals surface area contributed by atoms with Gasteiger partial charge in [0.1, 0.15) is 5.78 Å². The van der Waals surface area contributed by atoms with Crippen molar-refractivity contribution in [3.8, 4) is 0 Å². The smallest absolute Gasteiger partial charge is 0.137 e. The first-order valence-corrected chi connectivity index (χ1v) is 13.2. The molecule has 5 aliphatic rings. The molecule has 0 aromatic heterocycles. The molecule has 0 N–H and O–H groups in total. The second kappa shape index (κ2) is 6.26. The van der Waals surface area contributed by atoms with Crippen molar-refractivity contribution in [1.82, 2.24) is 0 Å². The van der Waals surface area contributed by atoms with E-state index >= 15 is 0 Å². The molecule has 0 aromatic rings. The summed E-state index contributed by atoms with van der Waals surface area (Å²) < 4.78 is 0. The summed E-state index contributed by atoms with van der Waals surface area (Å²) in [7, 11) is 0. The molecule has 1 heteroatoms. The maximum absolute atomic E-state index is 13.0. The maximum atomic E-state index is 13.0. The van der Waals surface area contributed by atoms with Crippen LogP contribution in [0.5, 0.6) is 0 Å². The Kier molecular flexibility index (Phi) is 4.43. The van der Waals surface area contributed by atoms with Gasteiger partial charge in [0.2, 0.25) is 0 Å². The molecule has 5 aliphatic carbocycles. The molecule has 0 radical (unpaired) electrons. The van der Waals surface area contributed by atoms with Gasteiger partial charge in [-0.3, -0.25) is 4.79 Å². The monoisotopic (exact) mass is 410 g/mol. The summed E-state index contributed by atoms with van der Waals surface area (Å²) in [5, 5.41) is 0. The predicted molar refractivity (Wildman–Crippen MR) is 125 cm³/mol. The van der Waals surface area contributed by atoms with Gasteiger partial charge in [-0.05, 0) is 96.2 Å². The zero-order valence-electron chi connectivity index (χ0n) is 20.9. The number of allylic oxidation sites excluding steroid dienone is 2. The van der Waals surface area contributed by atoms with E-state index < -0.39 is 0 Å². The molecule has 0 heterocycles. The SMILES string of the molecule is CC[C@H]1C(=O)C[C@@]2(C)CC[C@]3(C)C(=CC[C@H]4[C@]5(C)CCCC(C)(C)[C@H]5CC[C@]43C)[C@@H]12. The van der Waals surface area contributed by atoms with Gasteiger partial charge in [0.05, 0.1) is 0 Å². The number of ketones is 1. The summed E-state index contributed by atoms with van der Waals surface area (Å²) in [5.74, 6) is 3.04. The van der Waals surface area contributed by atoms with Crippen LogP contribution in [-0.2, 0) is 4.79 Å². The molecule has 4 fully saturated rings. The van der Waals surface area contributed by atoms with Crippen molar-refractivity contribution in [2.24, 2.45) is 50.7 Å². The minimum absolute atomic E-state index is 0.222. The second-order valence-corrected chi connectivity index (χ2v) is 13.9. The number of rotatable bonds is 1. The van der Waals surface area contributed by atoms with Crippen LogP contribution >= 0.6 is 0 Å². The molecule has 30 heavy (non-hydrogen) atoms. The highest BCUT2D eigenvalue weighted by Gasteiger charge is 2.68. The molecule has 0 unspecified atom stereocenters. The lowest BCUT2D eigenvalue weighted by molar-refractivity contribution is -0.176. The van der Waals surface area contributed by atoms with Crippen LogP contribution in [0.2, 0.25) is 0 Å². The van der Waals surface area contributed by atoms with E-state index in [4.69, 9.17) is 0 Å². The standard InChI is InChI=1S/C29H46O/c1-8-19-21(30)18-26(4)16-17-28(6)20(24(19)26)10-11-23-27(5)14-9-13-25(2,3)22(27)12-15-29(23,28)7/h10,19,22-24H,8-9,11-18H2,1-7H3/t19-,22+,23-,24+,26+,27+,28+,29+/m0/s1. The molecule has 168 valence electrons. The summed E-state index contributed by atoms with van der Waals surface area (Å²) >= 11 is 0. The Labute approximate surface area is 185 Å². The number of carbonyl (C=O) groups is 1. The van der Waals surface area contributed by atoms with Crippen molar-refractivity contribution >= 4 is 5.78 Å². The summed E-state index contributed by atoms with van der Waals surface area (Å²) in [6, 6.07) is 0. The van der Waals surface area contributed by atoms with Crippen LogP contribution in [0, 0.1) is 50.7 Å². The van der Waals surface area contributed by atoms with Crippen molar-refractivity contribution in [2.45, 2.75) is 113 Å². The Hall–Kier alpha value is -0.590. The van der Waals surface area contributed by atoms with Gasteiger partial charge in [-0.1, -0.05) is 66.5 Å². The van der Waals surface area contributed by atoms with Gasteiger partial charge in [-0.25, -0.2) is 0 Å². The van der Waals surface area contributed by atoms with Crippen molar-refractivity contribution in [3.63, 3.8) is 0 Å². The molecule has 0 aromatic carbocycles. The van der Waals surface area contributed by atoms with Crippen LogP contribution in [-0.4, -0.2) is 5.78 Å². The average Bonchev–Trinajstić information content (AvgIpc) is 2.91. The minimum atomic E-state index is 0.222. The molecule has 0 bridgehead atoms. The highest BCUT2D eigenvalue weighted by Crippen LogP contribution is 2.75. The predicted octanol–water partition coefficient (Wildman–Crippen LogP) is 7.99. The Morgan fingerprint density at radius 1 is 0.933 bits per heavy atom. The van der Waals surface area contributed by atoms with Gasteiger partial charge in [-0.2, -0.15) is 0 Å². The molecule has 0 saturated heterocycles. The van der Waals surface area contributed by atoms with E-state index in [1.807, 2.05) is 0 Å². The lowest BCUT2D eigenvalue weighted by Crippen LogP contribution is -2.62. The van der Waals surface area contributed by atoms with Crippen LogP contribution in [0.4, 0.5) is 0 Å². The quantitative estimate of drug-likeness (QED) is 0.400. The molecule has 4 saturated carbocycles. The first kappa shape index (κ1) is 21.3. The summed E-state index contributed by atoms with van der Waals surface area (Å²) in [4.78, 5) is 13.0. The fourth-order valence-corrected chi connectivity index (χ4v) is 10.7. The third-order valence-electron chi connectivity index (χ3n) is 12.4. The first-order valence-electron chi connectivity index (χ1n) is 13.2. The topological polar surface area (TPSA) is 17.1 Å². The highest BCUT2D eigenvalue weighted by molar-refractivity contribution is 5.85. The molecule has 8 atom stereocenters. The van der Waals surface area contributed by atoms with E-state index in [1.165, 1.54) is 51.4 Å². The average molecular weight is 411 g/mol. The number of fused-ring (bicyclic) bond motifs is 7. The summed E-state index contributed by atoms with van der Waals surface area (Å²) in [5.41, 5.74) is 3.60. The zero-order chi connectivity index (χ0) is 21.7. The van der Waals surface area contributed by atoms with Gasteiger partial charge >= 0.3 is 0 Å². The third kappa shape index (κ3) is 2.39. The van der Waals surface area contributed by atoms with Crippen molar-refractivity contribution in [2.75, 3.05) is 0 Å². The molecule has 5 rings (SSSR count). The maximum Gasteiger partial charge on any atom is 0.137 e. The van der Waals surface area contributed by atoms with E-state index in [0.29, 0.717) is 27.9 Å². The van der Waals surface area contributed by atoms with E-state index in [-0.39, 0.29) is 16.7 Å². The molecular weight excluding hydrogens is 364 g/mol. The zero-order valence-corrected chi connectivity index (χ0v) is 20.9. The lowest BCUT2D eigenvalue weighted by Gasteiger charge is -2.70. The lowest BCUT2D eigenvalue weighted by atomic mass is 9.34. The number of Topliss-reactive ketones (excluding diaryl/α,β-unsaturated/α-hetero) is 1. The largest absolute Gasteiger partial charge is 0.299 e. The fourth-order valence-electron chi connectivity index (χ4n) is 10.7. The summed E-state index contributed by atoms with van der Waals surface area (Å²) in [6.45, 7) is 17.8. The minimum Gasteiger partial charge on any atom is -0.299 e. The van der Waals surface area contributed by atoms with Gasteiger partial charge < -0.3 is 0 Å². The van der Waals surface area contributed by atoms with Crippen LogP contribution in [0.25, 0.3) is 0 Å². The van der Waals surface area contributed by atoms with Crippen molar-refractivity contribution in [1.29, 1.82) is 0 Å². The van der Waals surface area contributed by atoms with E-state index in [9.17, 15) is 4.79 Å². The normalized spacial score (nSPS) is 54.5. The Morgan fingerprint density at radius 3 is 2.37 bits per heavy atom. The van der Waals surface area contributed by atoms with Crippen LogP contribution in [0.3, 0.4) is 0 Å². The first-order chi connectivity index (χ1) is 13.9. The Bertz CT molecular complexity index is 790. The van der Waals surface area contributed by atoms with Gasteiger partial charge in [0, 0.05) is 12.3 Å². The van der Waals surface area contributed by atoms with Gasteiger partial charge in [0.25, 0.3) is 0 Å². The van der Waals surface area contributed by atoms with Crippen LogP contribution in [0.15, 0.2) is 11.6 Å². The molecule has 0 aliphatic heterocycles. The van der Waals surface area contributed by atoms with E-state index in [2.05, 4.69) is 54.5 Å².